The maximum Gasteiger partial charge on any atom is 0.131 e. The molecule has 1 aromatic carbocycles. The van der Waals surface area contributed by atoms with E-state index in [9.17, 15) is 0 Å². The predicted molar refractivity (Wildman–Crippen MR) is 91.8 cm³/mol. The smallest absolute Gasteiger partial charge is 0.131 e. The normalized spacial score (nSPS) is 11.2. The van der Waals surface area contributed by atoms with Gasteiger partial charge in [0.25, 0.3) is 0 Å². The molecule has 0 fully saturated rings. The molecule has 21 heavy (non-hydrogen) atoms. The Kier molecular flexibility index (Phi) is 6.00. The number of unbranched alkanes of at least 4 members (excludes halogenated alkanes) is 1. The highest BCUT2D eigenvalue weighted by Gasteiger charge is 2.09. The molecule has 2 aromatic rings. The number of pyridine rings is 1. The van der Waals surface area contributed by atoms with Crippen molar-refractivity contribution < 1.29 is 0 Å². The lowest BCUT2D eigenvalue weighted by Gasteiger charge is -2.19. The van der Waals surface area contributed by atoms with Crippen molar-refractivity contribution in [2.24, 2.45) is 0 Å². The fourth-order valence-electron chi connectivity index (χ4n) is 2.47. The molecule has 0 aliphatic carbocycles. The molecular weight excluding hydrogens is 258 g/mol. The standard InChI is InChI=1S/C18H27N3/c1-4-6-12-21(3)14-16-13-15-9-7-8-10-17(15)20-18(16)19-11-5-2/h7-10,13H,4-6,11-12,14H2,1-3H3,(H,19,20). The van der Waals surface area contributed by atoms with Gasteiger partial charge in [-0.15, -0.1) is 0 Å². The first-order valence-electron chi connectivity index (χ1n) is 8.05. The fourth-order valence-corrected chi connectivity index (χ4v) is 2.47. The van der Waals surface area contributed by atoms with Crippen LogP contribution >= 0.6 is 0 Å². The molecule has 0 atom stereocenters. The van der Waals surface area contributed by atoms with Gasteiger partial charge in [-0.1, -0.05) is 38.5 Å². The van der Waals surface area contributed by atoms with Crippen LogP contribution in [0.5, 0.6) is 0 Å². The lowest BCUT2D eigenvalue weighted by molar-refractivity contribution is 0.321. The summed E-state index contributed by atoms with van der Waals surface area (Å²) in [6.45, 7) is 7.47. The summed E-state index contributed by atoms with van der Waals surface area (Å²) in [5, 5.41) is 4.70. The monoisotopic (exact) mass is 285 g/mol. The summed E-state index contributed by atoms with van der Waals surface area (Å²) in [6, 6.07) is 10.6. The van der Waals surface area contributed by atoms with Gasteiger partial charge in [-0.3, -0.25) is 0 Å². The molecule has 0 saturated carbocycles. The Labute approximate surface area is 128 Å². The van der Waals surface area contributed by atoms with Gasteiger partial charge in [0.1, 0.15) is 5.82 Å². The zero-order valence-corrected chi connectivity index (χ0v) is 13.5. The zero-order valence-electron chi connectivity index (χ0n) is 13.5. The van der Waals surface area contributed by atoms with E-state index in [1.165, 1.54) is 23.8 Å². The molecule has 0 bridgehead atoms. The third-order valence-electron chi connectivity index (χ3n) is 3.68. The Morgan fingerprint density at radius 3 is 2.71 bits per heavy atom. The second kappa shape index (κ2) is 7.99. The largest absolute Gasteiger partial charge is 0.370 e. The third-order valence-corrected chi connectivity index (χ3v) is 3.68. The Morgan fingerprint density at radius 1 is 1.14 bits per heavy atom. The second-order valence-electron chi connectivity index (χ2n) is 5.71. The Morgan fingerprint density at radius 2 is 1.95 bits per heavy atom. The molecule has 3 heteroatoms. The van der Waals surface area contributed by atoms with E-state index in [4.69, 9.17) is 4.98 Å². The van der Waals surface area contributed by atoms with Gasteiger partial charge in [-0.2, -0.15) is 0 Å². The number of fused-ring (bicyclic) bond motifs is 1. The lowest BCUT2D eigenvalue weighted by Crippen LogP contribution is -2.20. The van der Waals surface area contributed by atoms with Crippen LogP contribution in [-0.4, -0.2) is 30.0 Å². The van der Waals surface area contributed by atoms with Crippen LogP contribution in [0, 0.1) is 0 Å². The maximum atomic E-state index is 4.81. The lowest BCUT2D eigenvalue weighted by atomic mass is 10.1. The SMILES string of the molecule is CCCCN(C)Cc1cc2ccccc2nc1NCCC. The Bertz CT molecular complexity index is 565. The van der Waals surface area contributed by atoms with Crippen molar-refractivity contribution in [2.45, 2.75) is 39.7 Å². The van der Waals surface area contributed by atoms with Crippen LogP contribution in [0.4, 0.5) is 5.82 Å². The second-order valence-corrected chi connectivity index (χ2v) is 5.71. The van der Waals surface area contributed by atoms with Crippen LogP contribution in [0.2, 0.25) is 0 Å². The number of rotatable bonds is 8. The first kappa shape index (κ1) is 15.8. The molecule has 0 saturated heterocycles. The van der Waals surface area contributed by atoms with E-state index in [1.807, 2.05) is 6.07 Å². The number of para-hydroxylation sites is 1. The van der Waals surface area contributed by atoms with Crippen LogP contribution in [0.15, 0.2) is 30.3 Å². The molecule has 0 amide bonds. The highest BCUT2D eigenvalue weighted by molar-refractivity contribution is 5.81. The average molecular weight is 285 g/mol. The predicted octanol–water partition coefficient (Wildman–Crippen LogP) is 4.29. The third kappa shape index (κ3) is 4.43. The molecule has 0 spiro atoms. The van der Waals surface area contributed by atoms with Crippen molar-refractivity contribution in [3.8, 4) is 0 Å². The molecule has 0 unspecified atom stereocenters. The molecule has 114 valence electrons. The minimum Gasteiger partial charge on any atom is -0.370 e. The summed E-state index contributed by atoms with van der Waals surface area (Å²) < 4.78 is 0. The highest BCUT2D eigenvalue weighted by atomic mass is 15.1. The zero-order chi connectivity index (χ0) is 15.1. The van der Waals surface area contributed by atoms with Gasteiger partial charge in [0.2, 0.25) is 0 Å². The van der Waals surface area contributed by atoms with Gasteiger partial charge in [0, 0.05) is 24.0 Å². The number of nitrogens with one attached hydrogen (secondary N) is 1. The summed E-state index contributed by atoms with van der Waals surface area (Å²) >= 11 is 0. The van der Waals surface area contributed by atoms with Crippen LogP contribution in [-0.2, 0) is 6.54 Å². The van der Waals surface area contributed by atoms with E-state index in [1.54, 1.807) is 0 Å². The maximum absolute atomic E-state index is 4.81. The number of hydrogen-bond acceptors (Lipinski definition) is 3. The summed E-state index contributed by atoms with van der Waals surface area (Å²) in [4.78, 5) is 7.19. The van der Waals surface area contributed by atoms with Crippen LogP contribution in [0.25, 0.3) is 10.9 Å². The number of hydrogen-bond donors (Lipinski definition) is 1. The van der Waals surface area contributed by atoms with Gasteiger partial charge in [-0.25, -0.2) is 4.98 Å². The van der Waals surface area contributed by atoms with E-state index < -0.39 is 0 Å². The topological polar surface area (TPSA) is 28.2 Å². The molecular formula is C18H27N3. The molecule has 1 N–H and O–H groups in total. The van der Waals surface area contributed by atoms with E-state index in [2.05, 4.69) is 55.4 Å². The fraction of sp³-hybridized carbons (Fsp3) is 0.500. The summed E-state index contributed by atoms with van der Waals surface area (Å²) in [6.07, 6.45) is 3.59. The van der Waals surface area contributed by atoms with Crippen molar-refractivity contribution in [3.63, 3.8) is 0 Å². The summed E-state index contributed by atoms with van der Waals surface area (Å²) in [5.74, 6) is 1.04. The number of anilines is 1. The number of aromatic nitrogens is 1. The van der Waals surface area contributed by atoms with Crippen LogP contribution in [0.3, 0.4) is 0 Å². The van der Waals surface area contributed by atoms with Gasteiger partial charge < -0.3 is 10.2 Å². The van der Waals surface area contributed by atoms with Crippen LogP contribution in [0.1, 0.15) is 38.7 Å². The minimum absolute atomic E-state index is 0.948. The van der Waals surface area contributed by atoms with Crippen molar-refractivity contribution in [1.82, 2.24) is 9.88 Å². The summed E-state index contributed by atoms with van der Waals surface area (Å²) in [7, 11) is 2.19. The average Bonchev–Trinajstić information content (AvgIpc) is 2.50. The first-order valence-corrected chi connectivity index (χ1v) is 8.05. The Balaban J connectivity index is 2.25. The van der Waals surface area contributed by atoms with Gasteiger partial charge in [-0.05, 0) is 38.6 Å². The van der Waals surface area contributed by atoms with Crippen molar-refractivity contribution in [2.75, 3.05) is 25.5 Å². The van der Waals surface area contributed by atoms with Crippen molar-refractivity contribution in [3.05, 3.63) is 35.9 Å². The van der Waals surface area contributed by atoms with Gasteiger partial charge >= 0.3 is 0 Å². The Hall–Kier alpha value is -1.61. The molecule has 3 nitrogen and oxygen atoms in total. The number of benzene rings is 1. The van der Waals surface area contributed by atoms with Crippen molar-refractivity contribution >= 4 is 16.7 Å². The molecule has 2 rings (SSSR count). The van der Waals surface area contributed by atoms with E-state index in [0.29, 0.717) is 0 Å². The highest BCUT2D eigenvalue weighted by Crippen LogP contribution is 2.21. The van der Waals surface area contributed by atoms with Crippen LogP contribution < -0.4 is 5.32 Å². The van der Waals surface area contributed by atoms with E-state index >= 15 is 0 Å². The molecule has 0 radical (unpaired) electrons. The van der Waals surface area contributed by atoms with E-state index in [0.717, 1.165) is 37.4 Å². The molecule has 0 aliphatic rings. The minimum atomic E-state index is 0.948. The first-order chi connectivity index (χ1) is 10.2. The van der Waals surface area contributed by atoms with Gasteiger partial charge in [0.05, 0.1) is 5.52 Å². The summed E-state index contributed by atoms with van der Waals surface area (Å²) in [5.41, 5.74) is 2.36. The van der Waals surface area contributed by atoms with Crippen molar-refractivity contribution in [1.29, 1.82) is 0 Å². The van der Waals surface area contributed by atoms with E-state index in [-0.39, 0.29) is 0 Å². The quantitative estimate of drug-likeness (QED) is 0.784. The molecule has 1 aromatic heterocycles. The van der Waals surface area contributed by atoms with Gasteiger partial charge in [0.15, 0.2) is 0 Å². The number of nitrogens with zero attached hydrogens (tertiary/aromatic N) is 2. The molecule has 0 aliphatic heterocycles. The molecule has 1 heterocycles.